The first-order chi connectivity index (χ1) is 12.3. The van der Waals surface area contributed by atoms with Gasteiger partial charge in [-0.3, -0.25) is 4.79 Å². The summed E-state index contributed by atoms with van der Waals surface area (Å²) in [6.45, 7) is 1.93. The number of aryl methyl sites for hydroxylation is 1. The van der Waals surface area contributed by atoms with Crippen molar-refractivity contribution in [3.8, 4) is 5.75 Å². The van der Waals surface area contributed by atoms with Gasteiger partial charge in [-0.05, 0) is 42.8 Å². The van der Waals surface area contributed by atoms with Crippen LogP contribution in [0.2, 0.25) is 0 Å². The van der Waals surface area contributed by atoms with Crippen molar-refractivity contribution in [1.29, 1.82) is 0 Å². The van der Waals surface area contributed by atoms with Crippen LogP contribution in [0.15, 0.2) is 47.4 Å². The zero-order valence-electron chi connectivity index (χ0n) is 14.2. The molecule has 0 amide bonds. The minimum Gasteiger partial charge on any atom is -0.485 e. The maximum atomic E-state index is 13.3. The predicted octanol–water partition coefficient (Wildman–Crippen LogP) is 2.93. The molecule has 0 saturated carbocycles. The molecule has 0 aliphatic carbocycles. The number of hydrogen-bond donors (Lipinski definition) is 0. The maximum Gasteiger partial charge on any atom is 0.243 e. The molecule has 2 aromatic carbocycles. The predicted molar refractivity (Wildman–Crippen MR) is 93.3 cm³/mol. The van der Waals surface area contributed by atoms with Crippen LogP contribution in [-0.4, -0.2) is 37.2 Å². The zero-order valence-corrected chi connectivity index (χ0v) is 15.1. The lowest BCUT2D eigenvalue weighted by Crippen LogP contribution is -2.45. The van der Waals surface area contributed by atoms with Gasteiger partial charge in [0.1, 0.15) is 17.2 Å². The molecular formula is C19H18FNO4S. The van der Waals surface area contributed by atoms with E-state index in [0.29, 0.717) is 23.3 Å². The number of carbonyl (C=O) groups is 1. The van der Waals surface area contributed by atoms with Gasteiger partial charge in [-0.2, -0.15) is 4.31 Å². The summed E-state index contributed by atoms with van der Waals surface area (Å²) in [4.78, 5) is 12.6. The van der Waals surface area contributed by atoms with Gasteiger partial charge in [-0.1, -0.05) is 12.1 Å². The molecule has 2 aliphatic rings. The number of halogens is 1. The molecule has 7 heteroatoms. The standard InChI is InChI=1S/C19H18FNO4S/c1-13-10-14(20)6-7-18(13)26(23,24)21-9-8-19(12-21)11-16(22)15-4-2-3-5-17(15)25-19/h2-7,10H,8-9,11-12H2,1H3/t19-/m1/s1. The summed E-state index contributed by atoms with van der Waals surface area (Å²) in [6.07, 6.45) is 0.588. The van der Waals surface area contributed by atoms with Crippen LogP contribution < -0.4 is 4.74 Å². The summed E-state index contributed by atoms with van der Waals surface area (Å²) in [5.74, 6) is -0.0119. The molecule has 2 heterocycles. The number of benzene rings is 2. The molecule has 0 N–H and O–H groups in total. The van der Waals surface area contributed by atoms with Crippen molar-refractivity contribution in [3.05, 3.63) is 59.4 Å². The highest BCUT2D eigenvalue weighted by atomic mass is 32.2. The molecule has 4 rings (SSSR count). The summed E-state index contributed by atoms with van der Waals surface area (Å²) in [5, 5.41) is 0. The highest BCUT2D eigenvalue weighted by Crippen LogP contribution is 2.40. The van der Waals surface area contributed by atoms with E-state index in [4.69, 9.17) is 4.74 Å². The molecule has 2 aromatic rings. The highest BCUT2D eigenvalue weighted by molar-refractivity contribution is 7.89. The van der Waals surface area contributed by atoms with E-state index >= 15 is 0 Å². The molecule has 5 nitrogen and oxygen atoms in total. The number of ether oxygens (including phenoxy) is 1. The lowest BCUT2D eigenvalue weighted by atomic mass is 9.89. The minimum atomic E-state index is -3.78. The number of Topliss-reactive ketones (excluding diaryl/α,β-unsaturated/α-hetero) is 1. The summed E-state index contributed by atoms with van der Waals surface area (Å²) in [6, 6.07) is 10.6. The Hall–Kier alpha value is -2.25. The monoisotopic (exact) mass is 375 g/mol. The van der Waals surface area contributed by atoms with Gasteiger partial charge in [0, 0.05) is 13.0 Å². The van der Waals surface area contributed by atoms with Crippen LogP contribution >= 0.6 is 0 Å². The summed E-state index contributed by atoms with van der Waals surface area (Å²) in [7, 11) is -3.78. The number of rotatable bonds is 2. The second kappa shape index (κ2) is 5.89. The van der Waals surface area contributed by atoms with E-state index in [1.807, 2.05) is 0 Å². The van der Waals surface area contributed by atoms with Crippen LogP contribution in [0, 0.1) is 12.7 Å². The second-order valence-corrected chi connectivity index (χ2v) is 8.79. The van der Waals surface area contributed by atoms with E-state index in [1.165, 1.54) is 16.4 Å². The van der Waals surface area contributed by atoms with Gasteiger partial charge < -0.3 is 4.74 Å². The third-order valence-corrected chi connectivity index (χ3v) is 7.04. The normalized spacial score (nSPS) is 23.1. The van der Waals surface area contributed by atoms with Crippen molar-refractivity contribution in [2.45, 2.75) is 30.3 Å². The number of ketones is 1. The molecule has 0 aromatic heterocycles. The quantitative estimate of drug-likeness (QED) is 0.810. The fraction of sp³-hybridized carbons (Fsp3) is 0.316. The molecule has 2 aliphatic heterocycles. The van der Waals surface area contributed by atoms with E-state index in [1.54, 1.807) is 31.2 Å². The smallest absolute Gasteiger partial charge is 0.243 e. The van der Waals surface area contributed by atoms with Gasteiger partial charge in [0.05, 0.1) is 23.4 Å². The maximum absolute atomic E-state index is 13.3. The fourth-order valence-corrected chi connectivity index (χ4v) is 5.45. The Bertz CT molecular complexity index is 1000. The first-order valence-corrected chi connectivity index (χ1v) is 9.82. The van der Waals surface area contributed by atoms with Crippen molar-refractivity contribution in [3.63, 3.8) is 0 Å². The molecule has 136 valence electrons. The van der Waals surface area contributed by atoms with Crippen molar-refractivity contribution in [1.82, 2.24) is 4.31 Å². The first kappa shape index (κ1) is 17.2. The van der Waals surface area contributed by atoms with E-state index in [0.717, 1.165) is 6.07 Å². The first-order valence-electron chi connectivity index (χ1n) is 8.38. The average Bonchev–Trinajstić information content (AvgIpc) is 2.98. The number of carbonyl (C=O) groups excluding carboxylic acids is 1. The number of hydrogen-bond acceptors (Lipinski definition) is 4. The van der Waals surface area contributed by atoms with Gasteiger partial charge in [0.25, 0.3) is 0 Å². The zero-order chi connectivity index (χ0) is 18.5. The van der Waals surface area contributed by atoms with E-state index in [9.17, 15) is 17.6 Å². The lowest BCUT2D eigenvalue weighted by Gasteiger charge is -2.34. The van der Waals surface area contributed by atoms with Crippen LogP contribution in [0.4, 0.5) is 4.39 Å². The molecule has 1 saturated heterocycles. The molecule has 0 radical (unpaired) electrons. The summed E-state index contributed by atoms with van der Waals surface area (Å²) < 4.78 is 46.7. The second-order valence-electron chi connectivity index (χ2n) is 6.88. The van der Waals surface area contributed by atoms with Crippen molar-refractivity contribution >= 4 is 15.8 Å². The Kier molecular flexibility index (Phi) is 3.89. The van der Waals surface area contributed by atoms with Crippen LogP contribution in [0.5, 0.6) is 5.75 Å². The molecular weight excluding hydrogens is 357 g/mol. The van der Waals surface area contributed by atoms with Crippen LogP contribution in [0.25, 0.3) is 0 Å². The average molecular weight is 375 g/mol. The van der Waals surface area contributed by atoms with E-state index in [2.05, 4.69) is 0 Å². The van der Waals surface area contributed by atoms with Crippen molar-refractivity contribution in [2.24, 2.45) is 0 Å². The van der Waals surface area contributed by atoms with Gasteiger partial charge in [-0.15, -0.1) is 0 Å². The minimum absolute atomic E-state index is 0.0379. The Morgan fingerprint density at radius 1 is 1.19 bits per heavy atom. The molecule has 0 unspecified atom stereocenters. The van der Waals surface area contributed by atoms with E-state index in [-0.39, 0.29) is 30.2 Å². The lowest BCUT2D eigenvalue weighted by molar-refractivity contribution is 0.0498. The van der Waals surface area contributed by atoms with Gasteiger partial charge in [-0.25, -0.2) is 12.8 Å². The summed E-state index contributed by atoms with van der Waals surface area (Å²) >= 11 is 0. The molecule has 1 fully saturated rings. The molecule has 26 heavy (non-hydrogen) atoms. The van der Waals surface area contributed by atoms with Gasteiger partial charge in [0.15, 0.2) is 5.78 Å². The molecule has 0 bridgehead atoms. The largest absolute Gasteiger partial charge is 0.485 e. The SMILES string of the molecule is Cc1cc(F)ccc1S(=O)(=O)N1CC[C@@]2(CC(=O)c3ccccc3O2)C1. The van der Waals surface area contributed by atoms with Crippen LogP contribution in [0.3, 0.4) is 0 Å². The Morgan fingerprint density at radius 3 is 2.73 bits per heavy atom. The van der Waals surface area contributed by atoms with Gasteiger partial charge >= 0.3 is 0 Å². The number of para-hydroxylation sites is 1. The third kappa shape index (κ3) is 2.71. The Labute approximate surface area is 151 Å². The van der Waals surface area contributed by atoms with Crippen LogP contribution in [0.1, 0.15) is 28.8 Å². The van der Waals surface area contributed by atoms with Crippen LogP contribution in [-0.2, 0) is 10.0 Å². The summed E-state index contributed by atoms with van der Waals surface area (Å²) in [5.41, 5.74) is 0.0534. The van der Waals surface area contributed by atoms with Gasteiger partial charge in [0.2, 0.25) is 10.0 Å². The Morgan fingerprint density at radius 2 is 1.96 bits per heavy atom. The topological polar surface area (TPSA) is 63.7 Å². The number of sulfonamides is 1. The number of fused-ring (bicyclic) bond motifs is 1. The fourth-order valence-electron chi connectivity index (χ4n) is 3.73. The molecule has 1 spiro atoms. The number of nitrogens with zero attached hydrogens (tertiary/aromatic N) is 1. The Balaban J connectivity index is 1.64. The van der Waals surface area contributed by atoms with E-state index < -0.39 is 21.4 Å². The molecule has 1 atom stereocenters. The van der Waals surface area contributed by atoms with Crippen molar-refractivity contribution in [2.75, 3.05) is 13.1 Å². The third-order valence-electron chi connectivity index (χ3n) is 5.03. The highest BCUT2D eigenvalue weighted by Gasteiger charge is 2.49. The van der Waals surface area contributed by atoms with Crippen molar-refractivity contribution < 1.29 is 22.3 Å².